The summed E-state index contributed by atoms with van der Waals surface area (Å²) in [4.78, 5) is 12.0. The Morgan fingerprint density at radius 3 is 2.12 bits per heavy atom. The molecule has 0 amide bonds. The van der Waals surface area contributed by atoms with Crippen LogP contribution in [0, 0.1) is 6.92 Å². The molecule has 3 nitrogen and oxygen atoms in total. The average molecular weight is 346 g/mol. The van der Waals surface area contributed by atoms with Crippen molar-refractivity contribution < 1.29 is 14.3 Å². The Balaban J connectivity index is 1.45. The smallest absolute Gasteiger partial charge is 0.311 e. The van der Waals surface area contributed by atoms with Gasteiger partial charge in [0.1, 0.15) is 18.1 Å². The highest BCUT2D eigenvalue weighted by Crippen LogP contribution is 2.19. The van der Waals surface area contributed by atoms with E-state index in [0.29, 0.717) is 25.2 Å². The molecule has 3 aromatic carbocycles. The average Bonchev–Trinajstić information content (AvgIpc) is 2.68. The molecule has 0 radical (unpaired) electrons. The van der Waals surface area contributed by atoms with Gasteiger partial charge in [0.2, 0.25) is 0 Å². The Morgan fingerprint density at radius 2 is 1.42 bits per heavy atom. The Morgan fingerprint density at radius 1 is 0.769 bits per heavy atom. The van der Waals surface area contributed by atoms with Crippen LogP contribution >= 0.6 is 0 Å². The second-order valence-electron chi connectivity index (χ2n) is 6.21. The summed E-state index contributed by atoms with van der Waals surface area (Å²) in [6.07, 6.45) is 1.03. The summed E-state index contributed by atoms with van der Waals surface area (Å²) in [5.74, 6) is 1.04. The second kappa shape index (κ2) is 8.86. The normalized spacial score (nSPS) is 10.3. The maximum Gasteiger partial charge on any atom is 0.311 e. The molecule has 0 aliphatic carbocycles. The summed E-state index contributed by atoms with van der Waals surface area (Å²) in [6, 6.07) is 25.3. The second-order valence-corrected chi connectivity index (χ2v) is 6.21. The number of aryl methyl sites for hydroxylation is 2. The zero-order valence-electron chi connectivity index (χ0n) is 14.9. The minimum absolute atomic E-state index is 0.233. The van der Waals surface area contributed by atoms with Crippen molar-refractivity contribution in [2.75, 3.05) is 0 Å². The fourth-order valence-corrected chi connectivity index (χ4v) is 2.53. The topological polar surface area (TPSA) is 35.5 Å². The monoisotopic (exact) mass is 346 g/mol. The van der Waals surface area contributed by atoms with Crippen LogP contribution in [0.5, 0.6) is 11.5 Å². The van der Waals surface area contributed by atoms with E-state index in [1.807, 2.05) is 61.5 Å². The van der Waals surface area contributed by atoms with Crippen LogP contribution in [-0.2, 0) is 17.8 Å². The predicted octanol–water partition coefficient (Wildman–Crippen LogP) is 5.11. The van der Waals surface area contributed by atoms with Gasteiger partial charge in [-0.05, 0) is 48.7 Å². The lowest BCUT2D eigenvalue weighted by atomic mass is 10.1. The molecular weight excluding hydrogens is 324 g/mol. The van der Waals surface area contributed by atoms with E-state index in [9.17, 15) is 4.79 Å². The number of esters is 1. The van der Waals surface area contributed by atoms with Gasteiger partial charge >= 0.3 is 5.97 Å². The van der Waals surface area contributed by atoms with E-state index in [4.69, 9.17) is 9.47 Å². The highest BCUT2D eigenvalue weighted by atomic mass is 16.5. The zero-order chi connectivity index (χ0) is 18.2. The van der Waals surface area contributed by atoms with Crippen LogP contribution in [0.15, 0.2) is 78.9 Å². The molecule has 132 valence electrons. The lowest BCUT2D eigenvalue weighted by molar-refractivity contribution is -0.134. The first-order valence-corrected chi connectivity index (χ1v) is 8.72. The molecule has 0 saturated carbocycles. The molecular formula is C23H22O3. The number of hydrogen-bond acceptors (Lipinski definition) is 3. The van der Waals surface area contributed by atoms with Crippen LogP contribution in [0.4, 0.5) is 0 Å². The van der Waals surface area contributed by atoms with E-state index in [0.717, 1.165) is 16.9 Å². The van der Waals surface area contributed by atoms with E-state index in [1.54, 1.807) is 12.1 Å². The van der Waals surface area contributed by atoms with Crippen LogP contribution in [0.3, 0.4) is 0 Å². The predicted molar refractivity (Wildman–Crippen MR) is 102 cm³/mol. The number of carbonyl (C=O) groups is 1. The van der Waals surface area contributed by atoms with Gasteiger partial charge in [0.05, 0.1) is 0 Å². The van der Waals surface area contributed by atoms with Crippen LogP contribution in [0.1, 0.15) is 23.1 Å². The van der Waals surface area contributed by atoms with E-state index in [1.165, 1.54) is 5.56 Å². The van der Waals surface area contributed by atoms with Crippen molar-refractivity contribution >= 4 is 5.97 Å². The number of benzene rings is 3. The SMILES string of the molecule is Cc1ccc(CCC(=O)Oc2ccc(OCc3ccccc3)cc2)cc1. The first-order chi connectivity index (χ1) is 12.7. The molecule has 0 aromatic heterocycles. The van der Waals surface area contributed by atoms with Gasteiger partial charge < -0.3 is 9.47 Å². The maximum absolute atomic E-state index is 12.0. The molecule has 3 rings (SSSR count). The summed E-state index contributed by atoms with van der Waals surface area (Å²) in [5.41, 5.74) is 3.46. The van der Waals surface area contributed by atoms with Crippen molar-refractivity contribution in [2.45, 2.75) is 26.4 Å². The van der Waals surface area contributed by atoms with Crippen LogP contribution in [0.25, 0.3) is 0 Å². The Kier molecular flexibility index (Phi) is 6.05. The van der Waals surface area contributed by atoms with E-state index in [2.05, 4.69) is 12.1 Å². The van der Waals surface area contributed by atoms with Crippen molar-refractivity contribution in [3.63, 3.8) is 0 Å². The number of ether oxygens (including phenoxy) is 2. The van der Waals surface area contributed by atoms with E-state index >= 15 is 0 Å². The molecule has 0 saturated heterocycles. The lowest BCUT2D eigenvalue weighted by Crippen LogP contribution is -2.09. The fraction of sp³-hybridized carbons (Fsp3) is 0.174. The molecule has 0 aliphatic heterocycles. The van der Waals surface area contributed by atoms with Gasteiger partial charge in [-0.2, -0.15) is 0 Å². The van der Waals surface area contributed by atoms with Gasteiger partial charge in [-0.3, -0.25) is 4.79 Å². The van der Waals surface area contributed by atoms with E-state index in [-0.39, 0.29) is 5.97 Å². The molecule has 0 N–H and O–H groups in total. The first kappa shape index (κ1) is 17.7. The minimum atomic E-state index is -0.233. The van der Waals surface area contributed by atoms with Crippen molar-refractivity contribution in [3.8, 4) is 11.5 Å². The van der Waals surface area contributed by atoms with Crippen molar-refractivity contribution in [3.05, 3.63) is 95.6 Å². The molecule has 3 heteroatoms. The van der Waals surface area contributed by atoms with Crippen molar-refractivity contribution in [1.29, 1.82) is 0 Å². The summed E-state index contributed by atoms with van der Waals surface area (Å²) < 4.78 is 11.1. The third-order valence-corrected chi connectivity index (χ3v) is 4.04. The lowest BCUT2D eigenvalue weighted by Gasteiger charge is -2.08. The molecule has 0 unspecified atom stereocenters. The molecule has 3 aromatic rings. The van der Waals surface area contributed by atoms with Gasteiger partial charge in [-0.1, -0.05) is 60.2 Å². The van der Waals surface area contributed by atoms with Crippen LogP contribution in [-0.4, -0.2) is 5.97 Å². The van der Waals surface area contributed by atoms with Gasteiger partial charge in [-0.15, -0.1) is 0 Å². The molecule has 26 heavy (non-hydrogen) atoms. The molecule has 0 fully saturated rings. The van der Waals surface area contributed by atoms with Crippen molar-refractivity contribution in [1.82, 2.24) is 0 Å². The van der Waals surface area contributed by atoms with Gasteiger partial charge in [0.15, 0.2) is 0 Å². The quantitative estimate of drug-likeness (QED) is 0.440. The van der Waals surface area contributed by atoms with Gasteiger partial charge in [-0.25, -0.2) is 0 Å². The highest BCUT2D eigenvalue weighted by Gasteiger charge is 2.06. The molecule has 0 atom stereocenters. The van der Waals surface area contributed by atoms with Crippen LogP contribution < -0.4 is 9.47 Å². The Hall–Kier alpha value is -3.07. The fourth-order valence-electron chi connectivity index (χ4n) is 2.53. The number of hydrogen-bond donors (Lipinski definition) is 0. The minimum Gasteiger partial charge on any atom is -0.489 e. The summed E-state index contributed by atoms with van der Waals surface area (Å²) in [5, 5.41) is 0. The number of carbonyl (C=O) groups excluding carboxylic acids is 1. The van der Waals surface area contributed by atoms with Gasteiger partial charge in [0, 0.05) is 6.42 Å². The molecule has 0 spiro atoms. The Bertz CT molecular complexity index is 822. The summed E-state index contributed by atoms with van der Waals surface area (Å²) >= 11 is 0. The third-order valence-electron chi connectivity index (χ3n) is 4.04. The van der Waals surface area contributed by atoms with Crippen LogP contribution in [0.2, 0.25) is 0 Å². The number of rotatable bonds is 7. The maximum atomic E-state index is 12.0. The van der Waals surface area contributed by atoms with Crippen molar-refractivity contribution in [2.24, 2.45) is 0 Å². The summed E-state index contributed by atoms with van der Waals surface area (Å²) in [6.45, 7) is 2.56. The van der Waals surface area contributed by atoms with E-state index < -0.39 is 0 Å². The molecule has 0 aliphatic rings. The Labute approximate surface area is 154 Å². The third kappa shape index (κ3) is 5.49. The molecule has 0 bridgehead atoms. The van der Waals surface area contributed by atoms with Gasteiger partial charge in [0.25, 0.3) is 0 Å². The highest BCUT2D eigenvalue weighted by molar-refractivity contribution is 5.72. The molecule has 0 heterocycles. The summed E-state index contributed by atoms with van der Waals surface area (Å²) in [7, 11) is 0. The largest absolute Gasteiger partial charge is 0.489 e. The first-order valence-electron chi connectivity index (χ1n) is 8.72. The zero-order valence-corrected chi connectivity index (χ0v) is 14.9. The standard InChI is InChI=1S/C23H22O3/c1-18-7-9-19(10-8-18)11-16-23(24)26-22-14-12-21(13-15-22)25-17-20-5-3-2-4-6-20/h2-10,12-15H,11,16-17H2,1H3.